The molecule has 0 aromatic heterocycles. The van der Waals surface area contributed by atoms with Crippen LogP contribution in [0.3, 0.4) is 0 Å². The maximum Gasteiger partial charge on any atom is 3.00 e. The summed E-state index contributed by atoms with van der Waals surface area (Å²) in [4.78, 5) is 0. The van der Waals surface area contributed by atoms with Gasteiger partial charge in [-0.25, -0.2) is 8.42 Å². The van der Waals surface area contributed by atoms with Crippen molar-refractivity contribution in [2.24, 2.45) is 0 Å². The average Bonchev–Trinajstić information content (AvgIpc) is 1.35. The molecule has 38 valence electrons. The zero-order valence-corrected chi connectivity index (χ0v) is 5.72. The molecule has 0 aliphatic heterocycles. The molecule has 0 atom stereocenters. The molecule has 0 rings (SSSR count). The van der Waals surface area contributed by atoms with E-state index in [0.29, 0.717) is 0 Å². The van der Waals surface area contributed by atoms with Crippen LogP contribution in [0.5, 0.6) is 0 Å². The van der Waals surface area contributed by atoms with Gasteiger partial charge in [0, 0.05) is 0 Å². The Hall–Kier alpha value is 0.692. The summed E-state index contributed by atoms with van der Waals surface area (Å²) in [5, 5.41) is 0. The fourth-order valence-electron chi connectivity index (χ4n) is 0. The first-order valence-corrected chi connectivity index (χ1v) is 2.46. The summed E-state index contributed by atoms with van der Waals surface area (Å²) in [6, 6.07) is 0. The van der Waals surface area contributed by atoms with E-state index >= 15 is 0 Å². The van der Waals surface area contributed by atoms with Crippen LogP contribution in [0.1, 0.15) is 0 Å². The number of hydrogen-bond donors (Lipinski definition) is 0. The summed E-state index contributed by atoms with van der Waals surface area (Å²) in [5.74, 6) is 0. The van der Waals surface area contributed by atoms with E-state index in [4.69, 9.17) is 13.0 Å². The molecular weight excluding hydrogens is 158 g/mol. The first kappa shape index (κ1) is 10.6. The van der Waals surface area contributed by atoms with E-state index in [1.807, 2.05) is 0 Å². The van der Waals surface area contributed by atoms with Gasteiger partial charge in [-0.05, 0) is 0 Å². The van der Waals surface area contributed by atoms with Crippen LogP contribution in [-0.2, 0) is 14.1 Å². The fourth-order valence-corrected chi connectivity index (χ4v) is 0. The Balaban J connectivity index is 0. The quantitative estimate of drug-likeness (QED) is 0.286. The second-order valence-electron chi connectivity index (χ2n) is 0.471. The molecule has 0 aromatic carbocycles. The zero-order valence-electron chi connectivity index (χ0n) is 3.00. The molecule has 7 heteroatoms. The monoisotopic (exact) mass is 158 g/mol. The molecule has 0 unspecified atom stereocenters. The Bertz CT molecular complexity index is 114. The molecule has 0 aliphatic carbocycles. The normalized spacial score (nSPS) is 10.0. The molecule has 4 nitrogen and oxygen atoms in total. The molecule has 0 aromatic rings. The van der Waals surface area contributed by atoms with Crippen molar-refractivity contribution in [3.63, 3.8) is 0 Å². The average molecular weight is 158 g/mol. The van der Waals surface area contributed by atoms with Crippen LogP contribution in [0, 0.1) is 0 Å². The van der Waals surface area contributed by atoms with E-state index in [1.165, 1.54) is 0 Å². The molecule has 0 bridgehead atoms. The Kier molecular flexibility index (Phi) is 5.57. The third-order valence-electron chi connectivity index (χ3n) is 0.0772. The summed E-state index contributed by atoms with van der Waals surface area (Å²) < 4.78 is 30.1. The predicted octanol–water partition coefficient (Wildman–Crippen LogP) is -0.764. The summed E-state index contributed by atoms with van der Waals surface area (Å²) in [5.41, 5.74) is 0. The van der Waals surface area contributed by atoms with Crippen molar-refractivity contribution in [1.29, 1.82) is 0 Å². The minimum absolute atomic E-state index is 0. The molecular formula is AlClO4S+2. The standard InChI is InChI=1S/Al.ClHO4S/c;1-5-6(2,3)4/h;(H,2,3,4)/q+3;/p-1. The Morgan fingerprint density at radius 1 is 1.57 bits per heavy atom. The molecule has 0 N–H and O–H groups in total. The largest absolute Gasteiger partial charge is 3.00 e. The zero-order chi connectivity index (χ0) is 5.21. The van der Waals surface area contributed by atoms with Crippen LogP contribution in [0.4, 0.5) is 0 Å². The molecule has 0 fully saturated rings. The summed E-state index contributed by atoms with van der Waals surface area (Å²) in [6.45, 7) is 0. The first-order chi connectivity index (χ1) is 2.56. The number of halogens is 1. The summed E-state index contributed by atoms with van der Waals surface area (Å²) in [6.07, 6.45) is 0. The first-order valence-electron chi connectivity index (χ1n) is 0.821. The van der Waals surface area contributed by atoms with Crippen molar-refractivity contribution in [3.05, 3.63) is 0 Å². The van der Waals surface area contributed by atoms with E-state index in [-0.39, 0.29) is 17.4 Å². The van der Waals surface area contributed by atoms with Crippen molar-refractivity contribution in [3.8, 4) is 0 Å². The van der Waals surface area contributed by atoms with Gasteiger partial charge < -0.3 is 4.55 Å². The molecule has 0 saturated carbocycles. The second kappa shape index (κ2) is 3.66. The van der Waals surface area contributed by atoms with Crippen molar-refractivity contribution in [2.45, 2.75) is 0 Å². The van der Waals surface area contributed by atoms with Crippen LogP contribution in [0.15, 0.2) is 0 Å². The van der Waals surface area contributed by atoms with Crippen LogP contribution in [-0.4, -0.2) is 30.3 Å². The van der Waals surface area contributed by atoms with Gasteiger partial charge in [-0.1, -0.05) is 0 Å². The molecule has 0 saturated heterocycles. The molecule has 0 radical (unpaired) electrons. The summed E-state index contributed by atoms with van der Waals surface area (Å²) >= 11 is 4.08. The molecule has 0 amide bonds. The van der Waals surface area contributed by atoms with Gasteiger partial charge >= 0.3 is 17.4 Å². The molecule has 7 heavy (non-hydrogen) atoms. The van der Waals surface area contributed by atoms with E-state index in [2.05, 4.69) is 15.6 Å². The molecule has 0 aliphatic rings. The van der Waals surface area contributed by atoms with Crippen LogP contribution >= 0.6 is 11.9 Å². The Morgan fingerprint density at radius 2 is 1.71 bits per heavy atom. The van der Waals surface area contributed by atoms with Gasteiger partial charge in [0.2, 0.25) is 10.4 Å². The summed E-state index contributed by atoms with van der Waals surface area (Å²) in [7, 11) is -4.65. The fraction of sp³-hybridized carbons (Fsp3) is 0. The van der Waals surface area contributed by atoms with Gasteiger partial charge in [0.1, 0.15) is 0 Å². The van der Waals surface area contributed by atoms with Crippen LogP contribution < -0.4 is 0 Å². The second-order valence-corrected chi connectivity index (χ2v) is 1.79. The van der Waals surface area contributed by atoms with Gasteiger partial charge in [-0.15, -0.1) is 0 Å². The van der Waals surface area contributed by atoms with Crippen molar-refractivity contribution in [2.75, 3.05) is 0 Å². The van der Waals surface area contributed by atoms with Crippen LogP contribution in [0.25, 0.3) is 0 Å². The van der Waals surface area contributed by atoms with Gasteiger partial charge in [-0.2, -0.15) is 3.74 Å². The molecule has 0 heterocycles. The minimum Gasteiger partial charge on any atom is -0.725 e. The number of rotatable bonds is 1. The van der Waals surface area contributed by atoms with Crippen molar-refractivity contribution in [1.82, 2.24) is 0 Å². The smallest absolute Gasteiger partial charge is 0.725 e. The van der Waals surface area contributed by atoms with Gasteiger partial charge in [-0.3, -0.25) is 0 Å². The van der Waals surface area contributed by atoms with Gasteiger partial charge in [0.05, 0.1) is 11.9 Å². The van der Waals surface area contributed by atoms with Gasteiger partial charge in [0.15, 0.2) is 0 Å². The maximum absolute atomic E-state index is 9.09. The topological polar surface area (TPSA) is 66.4 Å². The minimum atomic E-state index is -4.65. The van der Waals surface area contributed by atoms with Crippen molar-refractivity contribution < 1.29 is 16.7 Å². The van der Waals surface area contributed by atoms with Crippen LogP contribution in [0.2, 0.25) is 0 Å². The Morgan fingerprint density at radius 3 is 1.71 bits per heavy atom. The van der Waals surface area contributed by atoms with E-state index in [1.54, 1.807) is 0 Å². The number of hydrogen-bond acceptors (Lipinski definition) is 4. The SMILES string of the molecule is O=S(=O)([O-])OCl.[Al+3]. The maximum atomic E-state index is 9.09. The predicted molar refractivity (Wildman–Crippen MR) is 22.4 cm³/mol. The Labute approximate surface area is 56.7 Å². The third-order valence-corrected chi connectivity index (χ3v) is 0.694. The van der Waals surface area contributed by atoms with E-state index in [0.717, 1.165) is 0 Å². The third kappa shape index (κ3) is 10.8. The van der Waals surface area contributed by atoms with Crippen molar-refractivity contribution >= 4 is 39.6 Å². The van der Waals surface area contributed by atoms with E-state index < -0.39 is 10.4 Å². The van der Waals surface area contributed by atoms with E-state index in [9.17, 15) is 0 Å². The molecule has 0 spiro atoms. The van der Waals surface area contributed by atoms with Gasteiger partial charge in [0.25, 0.3) is 0 Å².